The highest BCUT2D eigenvalue weighted by molar-refractivity contribution is 6.42. The van der Waals surface area contributed by atoms with Crippen LogP contribution in [0.4, 0.5) is 0 Å². The maximum atomic E-state index is 11.8. The van der Waals surface area contributed by atoms with Crippen LogP contribution in [0.5, 0.6) is 0 Å². The fourth-order valence-corrected chi connectivity index (χ4v) is 2.90. The molecule has 1 fully saturated rings. The van der Waals surface area contributed by atoms with Crippen molar-refractivity contribution >= 4 is 35.0 Å². The lowest BCUT2D eigenvalue weighted by molar-refractivity contribution is -0.122. The molecule has 0 unspecified atom stereocenters. The van der Waals surface area contributed by atoms with Gasteiger partial charge in [-0.25, -0.2) is 0 Å². The molecule has 120 valence electrons. The van der Waals surface area contributed by atoms with Crippen molar-refractivity contribution in [1.82, 2.24) is 10.6 Å². The number of halogens is 2. The van der Waals surface area contributed by atoms with Crippen molar-refractivity contribution in [3.63, 3.8) is 0 Å². The van der Waals surface area contributed by atoms with Crippen molar-refractivity contribution in [2.75, 3.05) is 6.54 Å². The minimum Gasteiger partial charge on any atom is -0.355 e. The molecule has 1 aliphatic carbocycles. The summed E-state index contributed by atoms with van der Waals surface area (Å²) in [7, 11) is 0. The minimum atomic E-state index is -0.132. The Kier molecular flexibility index (Phi) is 6.52. The Bertz CT molecular complexity index is 543. The second-order valence-electron chi connectivity index (χ2n) is 5.57. The average molecular weight is 343 g/mol. The molecule has 2 rings (SSSR count). The molecule has 4 nitrogen and oxygen atoms in total. The molecule has 0 atom stereocenters. The van der Waals surface area contributed by atoms with E-state index in [9.17, 15) is 9.59 Å². The van der Waals surface area contributed by atoms with E-state index in [0.717, 1.165) is 18.4 Å². The lowest BCUT2D eigenvalue weighted by Crippen LogP contribution is -2.35. The number of benzene rings is 1. The van der Waals surface area contributed by atoms with Gasteiger partial charge in [0.05, 0.1) is 16.5 Å². The Morgan fingerprint density at radius 1 is 1.09 bits per heavy atom. The van der Waals surface area contributed by atoms with Gasteiger partial charge in [-0.3, -0.25) is 9.59 Å². The van der Waals surface area contributed by atoms with Crippen LogP contribution in [0, 0.1) is 0 Å². The first-order chi connectivity index (χ1) is 10.5. The lowest BCUT2D eigenvalue weighted by Gasteiger charge is -2.12. The Morgan fingerprint density at radius 2 is 1.82 bits per heavy atom. The van der Waals surface area contributed by atoms with E-state index >= 15 is 0 Å². The van der Waals surface area contributed by atoms with E-state index in [1.165, 1.54) is 12.8 Å². The van der Waals surface area contributed by atoms with E-state index < -0.39 is 0 Å². The standard InChI is InChI=1S/C16H20Cl2N2O2/c17-13-6-5-11(9-14(13)18)10-16(22)19-8-7-15(21)20-12-3-1-2-4-12/h5-6,9,12H,1-4,7-8,10H2,(H,19,22)(H,20,21). The quantitative estimate of drug-likeness (QED) is 0.834. The van der Waals surface area contributed by atoms with Crippen molar-refractivity contribution in [2.24, 2.45) is 0 Å². The molecule has 0 radical (unpaired) electrons. The van der Waals surface area contributed by atoms with Gasteiger partial charge in [-0.05, 0) is 30.5 Å². The Balaban J connectivity index is 1.66. The number of hydrogen-bond donors (Lipinski definition) is 2. The van der Waals surface area contributed by atoms with Crippen molar-refractivity contribution in [1.29, 1.82) is 0 Å². The predicted octanol–water partition coefficient (Wildman–Crippen LogP) is 3.10. The normalized spacial score (nSPS) is 14.8. The third-order valence-corrected chi connectivity index (χ3v) is 4.48. The van der Waals surface area contributed by atoms with Gasteiger partial charge in [-0.15, -0.1) is 0 Å². The third kappa shape index (κ3) is 5.50. The molecule has 0 saturated heterocycles. The summed E-state index contributed by atoms with van der Waals surface area (Å²) in [5.41, 5.74) is 0.794. The zero-order chi connectivity index (χ0) is 15.9. The van der Waals surface area contributed by atoms with Gasteiger partial charge < -0.3 is 10.6 Å². The Morgan fingerprint density at radius 3 is 2.50 bits per heavy atom. The number of carbonyl (C=O) groups excluding carboxylic acids is 2. The Hall–Kier alpha value is -1.26. The zero-order valence-corrected chi connectivity index (χ0v) is 13.8. The number of amides is 2. The van der Waals surface area contributed by atoms with Gasteiger partial charge in [0.25, 0.3) is 0 Å². The van der Waals surface area contributed by atoms with E-state index in [4.69, 9.17) is 23.2 Å². The summed E-state index contributed by atoms with van der Waals surface area (Å²) in [6.45, 7) is 0.346. The molecule has 1 aromatic carbocycles. The maximum Gasteiger partial charge on any atom is 0.224 e. The molecule has 6 heteroatoms. The molecule has 2 N–H and O–H groups in total. The molecule has 22 heavy (non-hydrogen) atoms. The number of nitrogens with one attached hydrogen (secondary N) is 2. The fourth-order valence-electron chi connectivity index (χ4n) is 2.58. The minimum absolute atomic E-state index is 0.00161. The molecule has 0 bridgehead atoms. The van der Waals surface area contributed by atoms with Gasteiger partial charge in [-0.1, -0.05) is 42.1 Å². The maximum absolute atomic E-state index is 11.8. The molecule has 2 amide bonds. The largest absolute Gasteiger partial charge is 0.355 e. The predicted molar refractivity (Wildman–Crippen MR) is 88.2 cm³/mol. The van der Waals surface area contributed by atoms with Crippen LogP contribution in [0.2, 0.25) is 10.0 Å². The first-order valence-corrected chi connectivity index (χ1v) is 8.30. The van der Waals surface area contributed by atoms with E-state index in [0.29, 0.717) is 29.1 Å². The molecule has 1 aromatic rings. The van der Waals surface area contributed by atoms with Crippen molar-refractivity contribution in [2.45, 2.75) is 44.6 Å². The van der Waals surface area contributed by atoms with Gasteiger partial charge >= 0.3 is 0 Å². The number of rotatable bonds is 6. The number of carbonyl (C=O) groups is 2. The summed E-state index contributed by atoms with van der Waals surface area (Å²) in [6, 6.07) is 5.43. The molecule has 0 aromatic heterocycles. The monoisotopic (exact) mass is 342 g/mol. The average Bonchev–Trinajstić information content (AvgIpc) is 2.95. The van der Waals surface area contributed by atoms with Gasteiger partial charge in [0, 0.05) is 19.0 Å². The topological polar surface area (TPSA) is 58.2 Å². The van der Waals surface area contributed by atoms with Crippen LogP contribution in [0.15, 0.2) is 18.2 Å². The van der Waals surface area contributed by atoms with Crippen LogP contribution in [-0.2, 0) is 16.0 Å². The van der Waals surface area contributed by atoms with Gasteiger partial charge in [-0.2, -0.15) is 0 Å². The van der Waals surface area contributed by atoms with Crippen molar-refractivity contribution in [3.05, 3.63) is 33.8 Å². The van der Waals surface area contributed by atoms with Crippen LogP contribution >= 0.6 is 23.2 Å². The first-order valence-electron chi connectivity index (χ1n) is 7.54. The van der Waals surface area contributed by atoms with Crippen LogP contribution in [0.25, 0.3) is 0 Å². The highest BCUT2D eigenvalue weighted by atomic mass is 35.5. The summed E-state index contributed by atoms with van der Waals surface area (Å²) < 4.78 is 0. The van der Waals surface area contributed by atoms with Crippen LogP contribution in [-0.4, -0.2) is 24.4 Å². The van der Waals surface area contributed by atoms with Crippen molar-refractivity contribution < 1.29 is 9.59 Å². The van der Waals surface area contributed by atoms with Gasteiger partial charge in [0.1, 0.15) is 0 Å². The zero-order valence-electron chi connectivity index (χ0n) is 12.3. The van der Waals surface area contributed by atoms with E-state index in [1.807, 2.05) is 0 Å². The molecule has 0 heterocycles. The summed E-state index contributed by atoms with van der Waals surface area (Å²) in [6.07, 6.45) is 5.03. The second kappa shape index (κ2) is 8.39. The summed E-state index contributed by atoms with van der Waals surface area (Å²) in [5, 5.41) is 6.64. The van der Waals surface area contributed by atoms with Crippen LogP contribution in [0.3, 0.4) is 0 Å². The fraction of sp³-hybridized carbons (Fsp3) is 0.500. The van der Waals surface area contributed by atoms with Crippen LogP contribution < -0.4 is 10.6 Å². The van der Waals surface area contributed by atoms with E-state index in [-0.39, 0.29) is 18.2 Å². The summed E-state index contributed by atoms with van der Waals surface area (Å²) in [5.74, 6) is -0.131. The van der Waals surface area contributed by atoms with Crippen molar-refractivity contribution in [3.8, 4) is 0 Å². The van der Waals surface area contributed by atoms with E-state index in [1.54, 1.807) is 18.2 Å². The molecule has 1 saturated carbocycles. The van der Waals surface area contributed by atoms with Gasteiger partial charge in [0.15, 0.2) is 0 Å². The molecule has 0 aliphatic heterocycles. The SMILES string of the molecule is O=C(Cc1ccc(Cl)c(Cl)c1)NCCC(=O)NC1CCCC1. The van der Waals surface area contributed by atoms with E-state index in [2.05, 4.69) is 10.6 Å². The molecule has 1 aliphatic rings. The smallest absolute Gasteiger partial charge is 0.224 e. The third-order valence-electron chi connectivity index (χ3n) is 3.74. The highest BCUT2D eigenvalue weighted by Crippen LogP contribution is 2.22. The molecular formula is C16H20Cl2N2O2. The first kappa shape index (κ1) is 17.1. The highest BCUT2D eigenvalue weighted by Gasteiger charge is 2.16. The van der Waals surface area contributed by atoms with Crippen LogP contribution in [0.1, 0.15) is 37.7 Å². The molecular weight excluding hydrogens is 323 g/mol. The summed E-state index contributed by atoms with van der Waals surface area (Å²) >= 11 is 11.7. The lowest BCUT2D eigenvalue weighted by atomic mass is 10.1. The summed E-state index contributed by atoms with van der Waals surface area (Å²) in [4.78, 5) is 23.5. The van der Waals surface area contributed by atoms with Gasteiger partial charge in [0.2, 0.25) is 11.8 Å². The second-order valence-corrected chi connectivity index (χ2v) is 6.39. The Labute approximate surface area is 140 Å². The molecule has 0 spiro atoms. The number of hydrogen-bond acceptors (Lipinski definition) is 2.